The first kappa shape index (κ1) is 19.9. The molecule has 8 heteroatoms. The third-order valence-corrected chi connectivity index (χ3v) is 5.35. The molecule has 2 aromatic carbocycles. The maximum atomic E-state index is 13.4. The summed E-state index contributed by atoms with van der Waals surface area (Å²) >= 11 is 0. The van der Waals surface area contributed by atoms with Crippen LogP contribution in [0.1, 0.15) is 16.9 Å². The summed E-state index contributed by atoms with van der Waals surface area (Å²) in [6, 6.07) is 13.8. The molecule has 0 saturated carbocycles. The number of aromatic amines is 1. The van der Waals surface area contributed by atoms with E-state index in [1.165, 1.54) is 12.1 Å². The van der Waals surface area contributed by atoms with Crippen LogP contribution in [0.4, 0.5) is 9.18 Å². The second-order valence-corrected chi connectivity index (χ2v) is 7.47. The molecule has 2 atom stereocenters. The van der Waals surface area contributed by atoms with Crippen LogP contribution in [0, 0.1) is 11.7 Å². The minimum atomic E-state index is -0.779. The van der Waals surface area contributed by atoms with Gasteiger partial charge in [0.1, 0.15) is 11.5 Å². The molecule has 30 heavy (non-hydrogen) atoms. The largest absolute Gasteiger partial charge is 0.449 e. The van der Waals surface area contributed by atoms with Gasteiger partial charge in [-0.2, -0.15) is 0 Å². The molecule has 2 amide bonds. The zero-order chi connectivity index (χ0) is 21.1. The van der Waals surface area contributed by atoms with Crippen molar-refractivity contribution in [1.29, 1.82) is 0 Å². The molecule has 1 aromatic heterocycles. The SMILES string of the molecule is NC(=O)OC[C@H]1CN[C@H](CNC(=O)c2[nH]c3ccccc3c2-c2ccc(F)cc2)C1. The first-order valence-corrected chi connectivity index (χ1v) is 9.81. The van der Waals surface area contributed by atoms with Gasteiger partial charge in [0.2, 0.25) is 0 Å². The molecule has 1 saturated heterocycles. The Balaban J connectivity index is 1.49. The monoisotopic (exact) mass is 410 g/mol. The first-order chi connectivity index (χ1) is 14.5. The molecule has 156 valence electrons. The zero-order valence-corrected chi connectivity index (χ0v) is 16.3. The highest BCUT2D eigenvalue weighted by Crippen LogP contribution is 2.32. The highest BCUT2D eigenvalue weighted by molar-refractivity contribution is 6.09. The summed E-state index contributed by atoms with van der Waals surface area (Å²) in [5.41, 5.74) is 7.80. The number of benzene rings is 2. The van der Waals surface area contributed by atoms with Gasteiger partial charge >= 0.3 is 6.09 Å². The van der Waals surface area contributed by atoms with E-state index in [0.29, 0.717) is 18.8 Å². The van der Waals surface area contributed by atoms with Crippen LogP contribution in [0.2, 0.25) is 0 Å². The topological polar surface area (TPSA) is 109 Å². The molecule has 1 aliphatic rings. The Labute approximate surface area is 172 Å². The van der Waals surface area contributed by atoms with Crippen LogP contribution >= 0.6 is 0 Å². The summed E-state index contributed by atoms with van der Waals surface area (Å²) in [5.74, 6) is -0.391. The maximum absolute atomic E-state index is 13.4. The van der Waals surface area contributed by atoms with Gasteiger partial charge in [-0.3, -0.25) is 4.79 Å². The summed E-state index contributed by atoms with van der Waals surface area (Å²) in [7, 11) is 0. The van der Waals surface area contributed by atoms with Crippen molar-refractivity contribution in [1.82, 2.24) is 15.6 Å². The fraction of sp³-hybridized carbons (Fsp3) is 0.273. The number of carbonyl (C=O) groups excluding carboxylic acids is 2. The van der Waals surface area contributed by atoms with E-state index in [0.717, 1.165) is 28.5 Å². The van der Waals surface area contributed by atoms with Crippen LogP contribution in [-0.4, -0.2) is 42.7 Å². The number of para-hydroxylation sites is 1. The molecule has 4 rings (SSSR count). The van der Waals surface area contributed by atoms with Gasteiger partial charge in [-0.15, -0.1) is 0 Å². The Kier molecular flexibility index (Phi) is 5.67. The average Bonchev–Trinajstić information content (AvgIpc) is 3.35. The molecule has 0 spiro atoms. The summed E-state index contributed by atoms with van der Waals surface area (Å²) in [6.07, 6.45) is -0.00988. The van der Waals surface area contributed by atoms with Crippen molar-refractivity contribution < 1.29 is 18.7 Å². The number of nitrogens with two attached hydrogens (primary N) is 1. The first-order valence-electron chi connectivity index (χ1n) is 9.81. The summed E-state index contributed by atoms with van der Waals surface area (Å²) in [6.45, 7) is 1.40. The number of halogens is 1. The molecule has 0 unspecified atom stereocenters. The standard InChI is InChI=1S/C22H23FN4O3/c23-15-7-5-14(6-8-15)19-17-3-1-2-4-18(17)27-20(19)21(28)26-11-16-9-13(10-25-16)12-30-22(24)29/h1-8,13,16,25,27H,9-12H2,(H2,24,29)(H,26,28)/t13-,16+/m1/s1. The van der Waals surface area contributed by atoms with Crippen molar-refractivity contribution in [2.45, 2.75) is 12.5 Å². The van der Waals surface area contributed by atoms with Crippen molar-refractivity contribution in [3.8, 4) is 11.1 Å². The molecule has 1 aliphatic heterocycles. The highest BCUT2D eigenvalue weighted by atomic mass is 19.1. The Morgan fingerprint density at radius 1 is 1.17 bits per heavy atom. The second kappa shape index (κ2) is 8.54. The van der Waals surface area contributed by atoms with Gasteiger partial charge in [0.15, 0.2) is 0 Å². The van der Waals surface area contributed by atoms with Gasteiger partial charge in [0.25, 0.3) is 5.91 Å². The number of ether oxygens (including phenoxy) is 1. The van der Waals surface area contributed by atoms with Crippen LogP contribution < -0.4 is 16.4 Å². The van der Waals surface area contributed by atoms with Gasteiger partial charge in [0, 0.05) is 41.5 Å². The van der Waals surface area contributed by atoms with Crippen molar-refractivity contribution in [2.75, 3.05) is 19.7 Å². The predicted molar refractivity (Wildman–Crippen MR) is 111 cm³/mol. The molecule has 3 aromatic rings. The maximum Gasteiger partial charge on any atom is 0.404 e. The average molecular weight is 410 g/mol. The van der Waals surface area contributed by atoms with E-state index in [9.17, 15) is 14.0 Å². The van der Waals surface area contributed by atoms with Crippen molar-refractivity contribution in [3.63, 3.8) is 0 Å². The van der Waals surface area contributed by atoms with Gasteiger partial charge in [-0.1, -0.05) is 30.3 Å². The summed E-state index contributed by atoms with van der Waals surface area (Å²) in [4.78, 5) is 26.9. The highest BCUT2D eigenvalue weighted by Gasteiger charge is 2.26. The molecule has 1 fully saturated rings. The van der Waals surface area contributed by atoms with Crippen molar-refractivity contribution in [3.05, 3.63) is 60.0 Å². The van der Waals surface area contributed by atoms with Gasteiger partial charge < -0.3 is 26.1 Å². The fourth-order valence-electron chi connectivity index (χ4n) is 3.92. The Morgan fingerprint density at radius 3 is 2.70 bits per heavy atom. The number of hydrogen-bond donors (Lipinski definition) is 4. The van der Waals surface area contributed by atoms with Crippen LogP contribution in [0.15, 0.2) is 48.5 Å². The van der Waals surface area contributed by atoms with Crippen LogP contribution in [0.5, 0.6) is 0 Å². The normalized spacial score (nSPS) is 18.4. The van der Waals surface area contributed by atoms with E-state index in [1.54, 1.807) is 12.1 Å². The number of rotatable bonds is 6. The number of amides is 2. The molecule has 5 N–H and O–H groups in total. The molecular weight excluding hydrogens is 387 g/mol. The lowest BCUT2D eigenvalue weighted by Crippen LogP contribution is -2.37. The smallest absolute Gasteiger partial charge is 0.404 e. The van der Waals surface area contributed by atoms with E-state index < -0.39 is 6.09 Å². The Bertz CT molecular complexity index is 1060. The van der Waals surface area contributed by atoms with E-state index >= 15 is 0 Å². The van der Waals surface area contributed by atoms with Gasteiger partial charge in [0.05, 0.1) is 6.61 Å². The molecular formula is C22H23FN4O3. The zero-order valence-electron chi connectivity index (χ0n) is 16.3. The second-order valence-electron chi connectivity index (χ2n) is 7.47. The van der Waals surface area contributed by atoms with E-state index in [4.69, 9.17) is 10.5 Å². The van der Waals surface area contributed by atoms with Gasteiger partial charge in [-0.25, -0.2) is 9.18 Å². The third-order valence-electron chi connectivity index (χ3n) is 5.35. The lowest BCUT2D eigenvalue weighted by atomic mass is 10.0. The number of H-pyrrole nitrogens is 1. The van der Waals surface area contributed by atoms with Crippen LogP contribution in [0.25, 0.3) is 22.0 Å². The molecule has 7 nitrogen and oxygen atoms in total. The van der Waals surface area contributed by atoms with E-state index in [-0.39, 0.29) is 30.3 Å². The molecule has 0 bridgehead atoms. The summed E-state index contributed by atoms with van der Waals surface area (Å²) in [5, 5.41) is 7.19. The predicted octanol–water partition coefficient (Wildman–Crippen LogP) is 2.78. The number of primary amides is 1. The number of aromatic nitrogens is 1. The Hall–Kier alpha value is -3.39. The quantitative estimate of drug-likeness (QED) is 0.501. The van der Waals surface area contributed by atoms with E-state index in [1.807, 2.05) is 24.3 Å². The van der Waals surface area contributed by atoms with Crippen LogP contribution in [-0.2, 0) is 4.74 Å². The minimum Gasteiger partial charge on any atom is -0.449 e. The molecule has 0 aliphatic carbocycles. The number of fused-ring (bicyclic) bond motifs is 1. The lowest BCUT2D eigenvalue weighted by Gasteiger charge is -2.13. The van der Waals surface area contributed by atoms with Crippen LogP contribution in [0.3, 0.4) is 0 Å². The summed E-state index contributed by atoms with van der Waals surface area (Å²) < 4.78 is 18.3. The third kappa shape index (κ3) is 4.28. The molecule has 0 radical (unpaired) electrons. The Morgan fingerprint density at radius 2 is 1.93 bits per heavy atom. The number of nitrogens with one attached hydrogen (secondary N) is 3. The number of hydrogen-bond acceptors (Lipinski definition) is 4. The van der Waals surface area contributed by atoms with Gasteiger partial charge in [-0.05, 0) is 30.2 Å². The van der Waals surface area contributed by atoms with E-state index in [2.05, 4.69) is 15.6 Å². The van der Waals surface area contributed by atoms with Crippen molar-refractivity contribution in [2.24, 2.45) is 11.7 Å². The lowest BCUT2D eigenvalue weighted by molar-refractivity contribution is 0.0946. The van der Waals surface area contributed by atoms with Crippen molar-refractivity contribution >= 4 is 22.9 Å². The molecule has 2 heterocycles. The number of carbonyl (C=O) groups is 2. The minimum absolute atomic E-state index is 0.0778. The fourth-order valence-corrected chi connectivity index (χ4v) is 3.92.